The Kier molecular flexibility index (Phi) is 6.16. The van der Waals surface area contributed by atoms with Crippen LogP contribution in [0.4, 0.5) is 6.01 Å². The Labute approximate surface area is 183 Å². The van der Waals surface area contributed by atoms with Crippen LogP contribution in [0.2, 0.25) is 5.02 Å². The number of hydrazine groups is 1. The maximum absolute atomic E-state index is 13.0. The number of carbonyl (C=O) groups excluding carboxylic acids is 1. The number of anilines is 1. The topological polar surface area (TPSA) is 130 Å². The zero-order valence-electron chi connectivity index (χ0n) is 16.3. The molecule has 1 aromatic carbocycles. The second kappa shape index (κ2) is 9.00. The number of hydrogen-bond donors (Lipinski definition) is 2. The Morgan fingerprint density at radius 1 is 1.10 bits per heavy atom. The maximum Gasteiger partial charge on any atom is 0.340 e. The van der Waals surface area contributed by atoms with Gasteiger partial charge in [-0.2, -0.15) is 9.29 Å². The molecule has 2 aromatic heterocycles. The number of halogens is 1. The third kappa shape index (κ3) is 4.68. The minimum absolute atomic E-state index is 0.0321. The molecule has 4 rings (SSSR count). The van der Waals surface area contributed by atoms with Crippen LogP contribution >= 0.6 is 11.6 Å². The lowest BCUT2D eigenvalue weighted by atomic mass is 10.2. The molecular weight excluding hydrogens is 444 g/mol. The van der Waals surface area contributed by atoms with Crippen LogP contribution in [-0.2, 0) is 10.0 Å². The summed E-state index contributed by atoms with van der Waals surface area (Å²) in [6.45, 7) is 0.876. The highest BCUT2D eigenvalue weighted by Crippen LogP contribution is 2.28. The van der Waals surface area contributed by atoms with Gasteiger partial charge in [0.2, 0.25) is 15.8 Å². The van der Waals surface area contributed by atoms with Crippen molar-refractivity contribution in [2.24, 2.45) is 0 Å². The molecule has 1 fully saturated rings. The molecule has 0 radical (unpaired) electrons. The summed E-state index contributed by atoms with van der Waals surface area (Å²) in [7, 11) is -3.79. The van der Waals surface area contributed by atoms with Gasteiger partial charge < -0.3 is 4.52 Å². The number of benzene rings is 1. The lowest BCUT2D eigenvalue weighted by Crippen LogP contribution is -2.36. The minimum Gasteiger partial charge on any atom is -0.313 e. The van der Waals surface area contributed by atoms with Gasteiger partial charge in [-0.15, -0.1) is 0 Å². The molecular formula is C19H19ClN6O4S. The molecule has 31 heavy (non-hydrogen) atoms. The summed E-state index contributed by atoms with van der Waals surface area (Å²) in [5.74, 6) is -0.268. The Morgan fingerprint density at radius 2 is 1.84 bits per heavy atom. The zero-order valence-corrected chi connectivity index (χ0v) is 17.9. The minimum atomic E-state index is -3.79. The van der Waals surface area contributed by atoms with Gasteiger partial charge in [-0.25, -0.2) is 13.8 Å². The van der Waals surface area contributed by atoms with E-state index < -0.39 is 15.9 Å². The molecule has 0 spiro atoms. The Hall–Kier alpha value is -3.02. The number of hydrogen-bond acceptors (Lipinski definition) is 8. The second-order valence-electron chi connectivity index (χ2n) is 6.85. The molecule has 162 valence electrons. The summed E-state index contributed by atoms with van der Waals surface area (Å²) in [5.41, 5.74) is 5.74. The standard InChI is InChI=1S/C19H19ClN6O4S/c20-15-5-4-14(12-16(15)31(28,29)26-10-2-1-3-11-26)18(27)23-24-19-22-17(25-30-19)13-6-8-21-9-7-13/h4-9,12H,1-3,10-11H2,(H,23,27)(H,22,24,25). The number of carbonyl (C=O) groups is 1. The Morgan fingerprint density at radius 3 is 2.58 bits per heavy atom. The first-order valence-electron chi connectivity index (χ1n) is 9.55. The highest BCUT2D eigenvalue weighted by atomic mass is 35.5. The van der Waals surface area contributed by atoms with E-state index in [9.17, 15) is 13.2 Å². The molecule has 2 N–H and O–H groups in total. The van der Waals surface area contributed by atoms with E-state index in [1.54, 1.807) is 24.5 Å². The number of piperidine rings is 1. The van der Waals surface area contributed by atoms with E-state index >= 15 is 0 Å². The summed E-state index contributed by atoms with van der Waals surface area (Å²) in [4.78, 5) is 20.5. The van der Waals surface area contributed by atoms with Crippen LogP contribution < -0.4 is 10.9 Å². The van der Waals surface area contributed by atoms with Crippen LogP contribution in [0.5, 0.6) is 0 Å². The monoisotopic (exact) mass is 462 g/mol. The van der Waals surface area contributed by atoms with E-state index in [1.807, 2.05) is 0 Å². The fourth-order valence-electron chi connectivity index (χ4n) is 3.16. The molecule has 0 bridgehead atoms. The summed E-state index contributed by atoms with van der Waals surface area (Å²) in [6.07, 6.45) is 5.78. The molecule has 1 aliphatic rings. The smallest absolute Gasteiger partial charge is 0.313 e. The largest absolute Gasteiger partial charge is 0.340 e. The fraction of sp³-hybridized carbons (Fsp3) is 0.263. The van der Waals surface area contributed by atoms with Crippen LogP contribution in [0.15, 0.2) is 52.1 Å². The molecule has 1 aliphatic heterocycles. The van der Waals surface area contributed by atoms with Gasteiger partial charge in [0.15, 0.2) is 0 Å². The van der Waals surface area contributed by atoms with Crippen molar-refractivity contribution in [2.75, 3.05) is 18.5 Å². The first-order valence-corrected chi connectivity index (χ1v) is 11.4. The van der Waals surface area contributed by atoms with Crippen LogP contribution in [-0.4, -0.2) is 46.8 Å². The number of sulfonamides is 1. The molecule has 10 nitrogen and oxygen atoms in total. The van der Waals surface area contributed by atoms with E-state index in [0.29, 0.717) is 24.5 Å². The van der Waals surface area contributed by atoms with E-state index in [0.717, 1.165) is 19.3 Å². The lowest BCUT2D eigenvalue weighted by Gasteiger charge is -2.26. The van der Waals surface area contributed by atoms with Gasteiger partial charge in [0, 0.05) is 36.6 Å². The van der Waals surface area contributed by atoms with Crippen molar-refractivity contribution in [2.45, 2.75) is 24.2 Å². The van der Waals surface area contributed by atoms with E-state index in [2.05, 4.69) is 26.0 Å². The number of nitrogens with zero attached hydrogens (tertiary/aromatic N) is 4. The maximum atomic E-state index is 13.0. The molecule has 0 atom stereocenters. The average Bonchev–Trinajstić information content (AvgIpc) is 3.28. The predicted molar refractivity (Wildman–Crippen MR) is 113 cm³/mol. The van der Waals surface area contributed by atoms with Gasteiger partial charge in [-0.1, -0.05) is 23.2 Å². The second-order valence-corrected chi connectivity index (χ2v) is 9.16. The van der Waals surface area contributed by atoms with Gasteiger partial charge in [0.05, 0.1) is 5.02 Å². The molecule has 1 saturated heterocycles. The predicted octanol–water partition coefficient (Wildman–Crippen LogP) is 2.72. The molecule has 12 heteroatoms. The van der Waals surface area contributed by atoms with Crippen LogP contribution in [0.3, 0.4) is 0 Å². The summed E-state index contributed by atoms with van der Waals surface area (Å²) in [5, 5.41) is 3.88. The SMILES string of the molecule is O=C(NNc1nc(-c2ccncc2)no1)c1ccc(Cl)c(S(=O)(=O)N2CCCCC2)c1. The van der Waals surface area contributed by atoms with Crippen molar-refractivity contribution in [3.63, 3.8) is 0 Å². The van der Waals surface area contributed by atoms with Crippen molar-refractivity contribution < 1.29 is 17.7 Å². The summed E-state index contributed by atoms with van der Waals surface area (Å²) >= 11 is 6.15. The van der Waals surface area contributed by atoms with Gasteiger partial charge in [0.25, 0.3) is 5.91 Å². The third-order valence-electron chi connectivity index (χ3n) is 4.77. The van der Waals surface area contributed by atoms with Crippen molar-refractivity contribution in [3.05, 3.63) is 53.3 Å². The van der Waals surface area contributed by atoms with Crippen molar-refractivity contribution in [1.29, 1.82) is 0 Å². The van der Waals surface area contributed by atoms with Crippen LogP contribution in [0.1, 0.15) is 29.6 Å². The Balaban J connectivity index is 1.47. The van der Waals surface area contributed by atoms with Crippen molar-refractivity contribution in [3.8, 4) is 11.4 Å². The third-order valence-corrected chi connectivity index (χ3v) is 7.15. The molecule has 1 amide bonds. The van der Waals surface area contributed by atoms with Gasteiger partial charge in [-0.3, -0.25) is 15.2 Å². The fourth-order valence-corrected chi connectivity index (χ4v) is 5.18. The Bertz CT molecular complexity index is 1180. The van der Waals surface area contributed by atoms with Crippen molar-refractivity contribution in [1.82, 2.24) is 24.9 Å². The van der Waals surface area contributed by atoms with Crippen molar-refractivity contribution >= 4 is 33.5 Å². The number of aromatic nitrogens is 3. The number of nitrogens with one attached hydrogen (secondary N) is 2. The van der Waals surface area contributed by atoms with Crippen LogP contribution in [0.25, 0.3) is 11.4 Å². The lowest BCUT2D eigenvalue weighted by molar-refractivity contribution is 0.0961. The molecule has 0 aliphatic carbocycles. The highest BCUT2D eigenvalue weighted by molar-refractivity contribution is 7.89. The van der Waals surface area contributed by atoms with E-state index in [1.165, 1.54) is 22.5 Å². The zero-order chi connectivity index (χ0) is 21.8. The van der Waals surface area contributed by atoms with Crippen LogP contribution in [0, 0.1) is 0 Å². The molecule has 0 unspecified atom stereocenters. The van der Waals surface area contributed by atoms with Gasteiger partial charge in [0.1, 0.15) is 4.90 Å². The van der Waals surface area contributed by atoms with E-state index in [-0.39, 0.29) is 21.5 Å². The first kappa shape index (κ1) is 21.2. The number of pyridine rings is 1. The van der Waals surface area contributed by atoms with Gasteiger partial charge in [-0.05, 0) is 43.2 Å². The summed E-state index contributed by atoms with van der Waals surface area (Å²) < 4.78 is 32.4. The average molecular weight is 463 g/mol. The first-order chi connectivity index (χ1) is 14.9. The molecule has 0 saturated carbocycles. The quantitative estimate of drug-likeness (QED) is 0.534. The van der Waals surface area contributed by atoms with Gasteiger partial charge >= 0.3 is 6.01 Å². The normalized spacial score (nSPS) is 14.9. The number of rotatable bonds is 6. The summed E-state index contributed by atoms with van der Waals surface area (Å²) in [6, 6.07) is 7.48. The highest BCUT2D eigenvalue weighted by Gasteiger charge is 2.28. The molecule has 3 heterocycles. The molecule has 3 aromatic rings. The van der Waals surface area contributed by atoms with E-state index in [4.69, 9.17) is 16.1 Å². The number of amides is 1.